The molecule has 3 rings (SSSR count). The van der Waals surface area contributed by atoms with E-state index in [1.165, 1.54) is 0 Å². The van der Waals surface area contributed by atoms with Crippen LogP contribution in [-0.4, -0.2) is 23.5 Å². The van der Waals surface area contributed by atoms with Gasteiger partial charge < -0.3 is 14.8 Å². The van der Waals surface area contributed by atoms with E-state index >= 15 is 0 Å². The van der Waals surface area contributed by atoms with Crippen LogP contribution in [0.3, 0.4) is 0 Å². The molecule has 2 N–H and O–H groups in total. The number of carbonyl (C=O) groups is 1. The van der Waals surface area contributed by atoms with Gasteiger partial charge in [-0.1, -0.05) is 71.0 Å². The number of rotatable bonds is 5. The number of aromatic hydroxyl groups is 1. The van der Waals surface area contributed by atoms with Gasteiger partial charge in [0, 0.05) is 12.1 Å². The molecule has 0 bridgehead atoms. The summed E-state index contributed by atoms with van der Waals surface area (Å²) in [5.41, 5.74) is 1.23. The first-order valence-electron chi connectivity index (χ1n) is 9.88. The predicted octanol–water partition coefficient (Wildman–Crippen LogP) is 4.93. The Morgan fingerprint density at radius 3 is 2.14 bits per heavy atom. The van der Waals surface area contributed by atoms with Gasteiger partial charge in [-0.05, 0) is 23.6 Å². The minimum Gasteiger partial charge on any atom is -0.507 e. The van der Waals surface area contributed by atoms with E-state index in [2.05, 4.69) is 33.0 Å². The van der Waals surface area contributed by atoms with E-state index in [4.69, 9.17) is 4.42 Å². The van der Waals surface area contributed by atoms with Crippen molar-refractivity contribution < 1.29 is 14.3 Å². The Morgan fingerprint density at radius 2 is 1.66 bits per heavy atom. The molecule has 0 spiro atoms. The van der Waals surface area contributed by atoms with Gasteiger partial charge >= 0.3 is 0 Å². The Morgan fingerprint density at radius 1 is 1.03 bits per heavy atom. The van der Waals surface area contributed by atoms with Crippen molar-refractivity contribution in [1.29, 1.82) is 0 Å². The lowest BCUT2D eigenvalue weighted by Crippen LogP contribution is -2.29. The Hall–Kier alpha value is -2.92. The molecule has 0 amide bonds. The molecule has 29 heavy (non-hydrogen) atoms. The third kappa shape index (κ3) is 5.33. The van der Waals surface area contributed by atoms with Gasteiger partial charge in [-0.25, -0.2) is 0 Å². The fraction of sp³-hybridized carbons (Fsp3) is 0.333. The topological polar surface area (TPSA) is 79.5 Å². The van der Waals surface area contributed by atoms with Gasteiger partial charge in [0.25, 0.3) is 0 Å². The molecule has 0 saturated carbocycles. The van der Waals surface area contributed by atoms with Crippen LogP contribution in [0.15, 0.2) is 51.7 Å². The molecular weight excluding hydrogens is 366 g/mol. The number of carbonyl (C=O) groups excluding carboxylic acids is 1. The van der Waals surface area contributed by atoms with Gasteiger partial charge in [0.1, 0.15) is 16.7 Å². The number of phenolic OH excluding ortho intramolecular Hbond substituents is 1. The lowest BCUT2D eigenvalue weighted by molar-refractivity contribution is 0.110. The van der Waals surface area contributed by atoms with Crippen LogP contribution in [-0.2, 0) is 6.42 Å². The summed E-state index contributed by atoms with van der Waals surface area (Å²) >= 11 is 0. The molecule has 5 nitrogen and oxygen atoms in total. The predicted molar refractivity (Wildman–Crippen MR) is 118 cm³/mol. The first kappa shape index (κ1) is 22.4. The molecule has 0 fully saturated rings. The van der Waals surface area contributed by atoms with Crippen LogP contribution >= 0.6 is 0 Å². The second-order valence-corrected chi connectivity index (χ2v) is 7.43. The summed E-state index contributed by atoms with van der Waals surface area (Å²) in [5, 5.41) is 13.7. The number of phenols is 1. The van der Waals surface area contributed by atoms with Crippen molar-refractivity contribution in [2.45, 2.75) is 53.1 Å². The van der Waals surface area contributed by atoms with Crippen molar-refractivity contribution in [3.8, 4) is 16.9 Å². The van der Waals surface area contributed by atoms with E-state index < -0.39 is 5.43 Å². The number of fused-ring (bicyclic) bond motifs is 1. The molecule has 5 heteroatoms. The van der Waals surface area contributed by atoms with Crippen LogP contribution in [0.25, 0.3) is 22.1 Å². The van der Waals surface area contributed by atoms with Gasteiger partial charge in [-0.15, -0.1) is 0 Å². The monoisotopic (exact) mass is 395 g/mol. The van der Waals surface area contributed by atoms with E-state index in [9.17, 15) is 14.7 Å². The quantitative estimate of drug-likeness (QED) is 0.599. The molecule has 2 aromatic carbocycles. The molecule has 0 aliphatic carbocycles. The summed E-state index contributed by atoms with van der Waals surface area (Å²) in [4.78, 5) is 24.1. The van der Waals surface area contributed by atoms with Gasteiger partial charge in [-0.2, -0.15) is 0 Å². The average Bonchev–Trinajstić information content (AvgIpc) is 2.68. The van der Waals surface area contributed by atoms with Crippen molar-refractivity contribution in [2.24, 2.45) is 0 Å². The van der Waals surface area contributed by atoms with Crippen molar-refractivity contribution in [2.75, 3.05) is 0 Å². The molecule has 0 saturated heterocycles. The maximum Gasteiger partial charge on any atom is 0.205 e. The highest BCUT2D eigenvalue weighted by Gasteiger charge is 2.19. The Balaban J connectivity index is 0.000000370. The molecule has 1 heterocycles. The van der Waals surface area contributed by atoms with Gasteiger partial charge in [-0.3, -0.25) is 9.59 Å². The van der Waals surface area contributed by atoms with E-state index in [0.29, 0.717) is 35.9 Å². The summed E-state index contributed by atoms with van der Waals surface area (Å²) in [6.45, 7) is 10.5. The maximum atomic E-state index is 12.8. The Bertz CT molecular complexity index is 1010. The van der Waals surface area contributed by atoms with Crippen molar-refractivity contribution >= 4 is 17.3 Å². The highest BCUT2D eigenvalue weighted by molar-refractivity contribution is 5.93. The van der Waals surface area contributed by atoms with Crippen LogP contribution in [0.4, 0.5) is 0 Å². The number of aldehydes is 1. The van der Waals surface area contributed by atoms with Gasteiger partial charge in [0.2, 0.25) is 5.43 Å². The highest BCUT2D eigenvalue weighted by Crippen LogP contribution is 2.30. The SMILES string of the molecule is CC(C)NC(C)C.CCc1ccc2oc(C=O)c(-c3ccccc3)c(=O)c2c1O. The lowest BCUT2D eigenvalue weighted by atomic mass is 10.0. The molecule has 3 aromatic rings. The molecule has 0 aliphatic rings. The zero-order chi connectivity index (χ0) is 21.6. The minimum absolute atomic E-state index is 0.0349. The van der Waals surface area contributed by atoms with Crippen molar-refractivity contribution in [3.63, 3.8) is 0 Å². The van der Waals surface area contributed by atoms with Crippen molar-refractivity contribution in [3.05, 3.63) is 64.0 Å². The van der Waals surface area contributed by atoms with E-state index in [1.807, 2.05) is 13.0 Å². The molecule has 0 unspecified atom stereocenters. The minimum atomic E-state index is -0.401. The largest absolute Gasteiger partial charge is 0.507 e. The fourth-order valence-electron chi connectivity index (χ4n) is 3.24. The summed E-state index contributed by atoms with van der Waals surface area (Å²) in [6.07, 6.45) is 1.12. The van der Waals surface area contributed by atoms with E-state index in [1.54, 1.807) is 36.4 Å². The standard InChI is InChI=1S/C18H14O4.C6H15N/c1-2-11-8-9-13-16(17(11)20)18(21)15(14(10-19)22-13)12-6-4-3-5-7-12;1-5(2)7-6(3)4/h3-10,20H,2H2,1H3;5-7H,1-4H3. The smallest absolute Gasteiger partial charge is 0.205 e. The highest BCUT2D eigenvalue weighted by atomic mass is 16.3. The number of nitrogens with one attached hydrogen (secondary N) is 1. The third-order valence-corrected chi connectivity index (χ3v) is 4.36. The zero-order valence-corrected chi connectivity index (χ0v) is 17.7. The van der Waals surface area contributed by atoms with E-state index in [0.717, 1.165) is 0 Å². The lowest BCUT2D eigenvalue weighted by Gasteiger charge is -2.10. The first-order valence-corrected chi connectivity index (χ1v) is 9.88. The first-order chi connectivity index (χ1) is 13.8. The molecule has 0 radical (unpaired) electrons. The number of benzene rings is 2. The number of hydrogen-bond donors (Lipinski definition) is 2. The average molecular weight is 395 g/mol. The molecule has 154 valence electrons. The van der Waals surface area contributed by atoms with Gasteiger partial charge in [0.15, 0.2) is 12.0 Å². The van der Waals surface area contributed by atoms with Gasteiger partial charge in [0.05, 0.1) is 5.56 Å². The number of aryl methyl sites for hydroxylation is 1. The summed E-state index contributed by atoms with van der Waals surface area (Å²) < 4.78 is 5.53. The normalized spacial score (nSPS) is 10.9. The maximum absolute atomic E-state index is 12.8. The third-order valence-electron chi connectivity index (χ3n) is 4.36. The van der Waals surface area contributed by atoms with Crippen LogP contribution in [0.1, 0.15) is 50.7 Å². The molecule has 0 atom stereocenters. The molecular formula is C24H29NO4. The Kier molecular flexibility index (Phi) is 7.74. The zero-order valence-electron chi connectivity index (χ0n) is 17.7. The Labute approximate surface area is 171 Å². The number of hydrogen-bond acceptors (Lipinski definition) is 5. The van der Waals surface area contributed by atoms with Crippen LogP contribution in [0.5, 0.6) is 5.75 Å². The van der Waals surface area contributed by atoms with Crippen LogP contribution in [0.2, 0.25) is 0 Å². The van der Waals surface area contributed by atoms with Crippen LogP contribution in [0, 0.1) is 0 Å². The summed E-state index contributed by atoms with van der Waals surface area (Å²) in [7, 11) is 0. The summed E-state index contributed by atoms with van der Waals surface area (Å²) in [6, 6.07) is 13.4. The molecule has 0 aliphatic heterocycles. The van der Waals surface area contributed by atoms with Crippen molar-refractivity contribution in [1.82, 2.24) is 5.32 Å². The molecule has 1 aromatic heterocycles. The van der Waals surface area contributed by atoms with E-state index in [-0.39, 0.29) is 28.0 Å². The summed E-state index contributed by atoms with van der Waals surface area (Å²) in [5.74, 6) is -0.115. The fourth-order valence-corrected chi connectivity index (χ4v) is 3.24. The van der Waals surface area contributed by atoms with Crippen LogP contribution < -0.4 is 10.7 Å². The second-order valence-electron chi connectivity index (χ2n) is 7.43. The second kappa shape index (κ2) is 10.0.